The van der Waals surface area contributed by atoms with Crippen LogP contribution in [0.3, 0.4) is 0 Å². The smallest absolute Gasteiger partial charge is 0.270 e. The Morgan fingerprint density at radius 1 is 1.03 bits per heavy atom. The van der Waals surface area contributed by atoms with Gasteiger partial charge < -0.3 is 0 Å². The SMILES string of the molecule is Cc1ccc(C(=O)N(CCc2ccccc2)c2nc(-c3ccc(Br)cc3)cs2)s1. The number of aryl methyl sites for hydroxylation is 1. The van der Waals surface area contributed by atoms with Gasteiger partial charge in [-0.15, -0.1) is 22.7 Å². The highest BCUT2D eigenvalue weighted by atomic mass is 79.9. The van der Waals surface area contributed by atoms with Gasteiger partial charge in [-0.05, 0) is 43.2 Å². The second-order valence-corrected chi connectivity index (χ2v) is 9.67. The van der Waals surface area contributed by atoms with Crippen molar-refractivity contribution in [1.29, 1.82) is 0 Å². The van der Waals surface area contributed by atoms with Crippen molar-refractivity contribution in [2.75, 3.05) is 11.4 Å². The van der Waals surface area contributed by atoms with Crippen molar-refractivity contribution >= 4 is 49.6 Å². The van der Waals surface area contributed by atoms with E-state index in [9.17, 15) is 4.79 Å². The van der Waals surface area contributed by atoms with Crippen LogP contribution in [0.5, 0.6) is 0 Å². The molecule has 0 aliphatic heterocycles. The summed E-state index contributed by atoms with van der Waals surface area (Å²) in [6.07, 6.45) is 0.782. The number of thiophene rings is 1. The molecule has 0 N–H and O–H groups in total. The first kappa shape index (κ1) is 20.0. The third-order valence-electron chi connectivity index (χ3n) is 4.53. The lowest BCUT2D eigenvalue weighted by Gasteiger charge is -2.19. The quantitative estimate of drug-likeness (QED) is 0.301. The predicted molar refractivity (Wildman–Crippen MR) is 126 cm³/mol. The number of nitrogens with zero attached hydrogens (tertiary/aromatic N) is 2. The van der Waals surface area contributed by atoms with E-state index in [1.165, 1.54) is 28.2 Å². The molecular formula is C23H19BrN2OS2. The van der Waals surface area contributed by atoms with E-state index in [1.807, 2.05) is 71.8 Å². The molecule has 2 aromatic heterocycles. The monoisotopic (exact) mass is 482 g/mol. The fourth-order valence-corrected chi connectivity index (χ4v) is 4.93. The van der Waals surface area contributed by atoms with E-state index in [0.29, 0.717) is 6.54 Å². The number of halogens is 1. The molecular weight excluding hydrogens is 464 g/mol. The summed E-state index contributed by atoms with van der Waals surface area (Å²) in [5.74, 6) is 0.00994. The van der Waals surface area contributed by atoms with Gasteiger partial charge in [-0.2, -0.15) is 0 Å². The topological polar surface area (TPSA) is 33.2 Å². The molecule has 0 aliphatic carbocycles. The van der Waals surface area contributed by atoms with Crippen LogP contribution in [0.25, 0.3) is 11.3 Å². The molecule has 0 bridgehead atoms. The molecule has 0 fully saturated rings. The molecule has 146 valence electrons. The predicted octanol–water partition coefficient (Wildman–Crippen LogP) is 6.83. The second kappa shape index (κ2) is 9.03. The number of hydrogen-bond donors (Lipinski definition) is 0. The fourth-order valence-electron chi connectivity index (χ4n) is 2.99. The fraction of sp³-hybridized carbons (Fsp3) is 0.130. The summed E-state index contributed by atoms with van der Waals surface area (Å²) >= 11 is 6.50. The highest BCUT2D eigenvalue weighted by Crippen LogP contribution is 2.30. The number of aromatic nitrogens is 1. The Morgan fingerprint density at radius 2 is 1.79 bits per heavy atom. The Balaban J connectivity index is 1.62. The van der Waals surface area contributed by atoms with Crippen LogP contribution in [0.15, 0.2) is 76.6 Å². The van der Waals surface area contributed by atoms with Crippen LogP contribution in [0.1, 0.15) is 20.1 Å². The van der Waals surface area contributed by atoms with Crippen molar-refractivity contribution in [2.24, 2.45) is 0 Å². The highest BCUT2D eigenvalue weighted by molar-refractivity contribution is 9.10. The third-order valence-corrected chi connectivity index (χ3v) is 6.91. The maximum Gasteiger partial charge on any atom is 0.270 e. The molecule has 0 atom stereocenters. The van der Waals surface area contributed by atoms with Crippen molar-refractivity contribution in [1.82, 2.24) is 4.98 Å². The van der Waals surface area contributed by atoms with Crippen LogP contribution in [-0.2, 0) is 6.42 Å². The van der Waals surface area contributed by atoms with Crippen LogP contribution in [0.4, 0.5) is 5.13 Å². The summed E-state index contributed by atoms with van der Waals surface area (Å²) in [6.45, 7) is 2.61. The Kier molecular flexibility index (Phi) is 6.23. The molecule has 3 nitrogen and oxygen atoms in total. The maximum absolute atomic E-state index is 13.3. The summed E-state index contributed by atoms with van der Waals surface area (Å²) < 4.78 is 1.03. The summed E-state index contributed by atoms with van der Waals surface area (Å²) in [7, 11) is 0. The zero-order chi connectivity index (χ0) is 20.2. The summed E-state index contributed by atoms with van der Waals surface area (Å²) in [5.41, 5.74) is 3.13. The van der Waals surface area contributed by atoms with Crippen molar-refractivity contribution in [3.05, 3.63) is 91.9 Å². The third kappa shape index (κ3) is 4.83. The van der Waals surface area contributed by atoms with Gasteiger partial charge in [-0.25, -0.2) is 4.98 Å². The lowest BCUT2D eigenvalue weighted by Crippen LogP contribution is -2.32. The Bertz CT molecular complexity index is 1100. The Hall–Kier alpha value is -2.28. The molecule has 2 aromatic carbocycles. The minimum Gasteiger partial charge on any atom is -0.283 e. The van der Waals surface area contributed by atoms with Crippen molar-refractivity contribution in [3.8, 4) is 11.3 Å². The van der Waals surface area contributed by atoms with E-state index in [0.717, 1.165) is 37.0 Å². The molecule has 0 unspecified atom stereocenters. The summed E-state index contributed by atoms with van der Waals surface area (Å²) in [5, 5.41) is 2.75. The zero-order valence-corrected chi connectivity index (χ0v) is 19.1. The Morgan fingerprint density at radius 3 is 2.48 bits per heavy atom. The lowest BCUT2D eigenvalue weighted by molar-refractivity contribution is 0.0991. The number of anilines is 1. The van der Waals surface area contributed by atoms with Crippen LogP contribution >= 0.6 is 38.6 Å². The number of carbonyl (C=O) groups is 1. The van der Waals surface area contributed by atoms with Gasteiger partial charge >= 0.3 is 0 Å². The van der Waals surface area contributed by atoms with Crippen molar-refractivity contribution in [3.63, 3.8) is 0 Å². The van der Waals surface area contributed by atoms with E-state index >= 15 is 0 Å². The Labute approximate surface area is 186 Å². The molecule has 6 heteroatoms. The molecule has 1 amide bonds. The van der Waals surface area contributed by atoms with Crippen LogP contribution < -0.4 is 4.90 Å². The van der Waals surface area contributed by atoms with Gasteiger partial charge in [-0.1, -0.05) is 58.4 Å². The first-order chi connectivity index (χ1) is 14.1. The molecule has 0 aliphatic rings. The lowest BCUT2D eigenvalue weighted by atomic mass is 10.1. The molecule has 4 aromatic rings. The number of rotatable bonds is 6. The van der Waals surface area contributed by atoms with E-state index in [1.54, 1.807) is 0 Å². The first-order valence-corrected chi connectivity index (χ1v) is 11.7. The van der Waals surface area contributed by atoms with Gasteiger partial charge in [0.05, 0.1) is 10.6 Å². The largest absolute Gasteiger partial charge is 0.283 e. The number of hydrogen-bond acceptors (Lipinski definition) is 4. The van der Waals surface area contributed by atoms with Gasteiger partial charge in [0.15, 0.2) is 5.13 Å². The molecule has 2 heterocycles. The van der Waals surface area contributed by atoms with E-state index in [2.05, 4.69) is 28.1 Å². The van der Waals surface area contributed by atoms with Crippen LogP contribution in [-0.4, -0.2) is 17.4 Å². The van der Waals surface area contributed by atoms with Crippen molar-refractivity contribution in [2.45, 2.75) is 13.3 Å². The normalized spacial score (nSPS) is 10.8. The van der Waals surface area contributed by atoms with E-state index in [4.69, 9.17) is 4.98 Å². The van der Waals surface area contributed by atoms with Gasteiger partial charge in [0, 0.05) is 26.8 Å². The van der Waals surface area contributed by atoms with Gasteiger partial charge in [0.1, 0.15) is 0 Å². The molecule has 0 saturated carbocycles. The average molecular weight is 483 g/mol. The molecule has 29 heavy (non-hydrogen) atoms. The van der Waals surface area contributed by atoms with Gasteiger partial charge in [-0.3, -0.25) is 9.69 Å². The van der Waals surface area contributed by atoms with Crippen LogP contribution in [0, 0.1) is 6.92 Å². The van der Waals surface area contributed by atoms with Gasteiger partial charge in [0.2, 0.25) is 0 Å². The van der Waals surface area contributed by atoms with E-state index < -0.39 is 0 Å². The number of thiazole rings is 1. The molecule has 0 radical (unpaired) electrons. The van der Waals surface area contributed by atoms with Gasteiger partial charge in [0.25, 0.3) is 5.91 Å². The number of amides is 1. The van der Waals surface area contributed by atoms with E-state index in [-0.39, 0.29) is 5.91 Å². The van der Waals surface area contributed by atoms with Crippen LogP contribution in [0.2, 0.25) is 0 Å². The minimum atomic E-state index is 0.00994. The average Bonchev–Trinajstić information content (AvgIpc) is 3.39. The minimum absolute atomic E-state index is 0.00994. The summed E-state index contributed by atoms with van der Waals surface area (Å²) in [6, 6.07) is 22.2. The highest BCUT2D eigenvalue weighted by Gasteiger charge is 2.22. The standard InChI is InChI=1S/C23H19BrN2OS2/c1-16-7-12-21(29-16)22(27)26(14-13-17-5-3-2-4-6-17)23-25-20(15-28-23)18-8-10-19(24)11-9-18/h2-12,15H,13-14H2,1H3. The second-order valence-electron chi connectivity index (χ2n) is 6.62. The van der Waals surface area contributed by atoms with Crippen molar-refractivity contribution < 1.29 is 4.79 Å². The maximum atomic E-state index is 13.3. The summed E-state index contributed by atoms with van der Waals surface area (Å²) in [4.78, 5) is 21.7. The number of benzene rings is 2. The molecule has 4 rings (SSSR count). The first-order valence-electron chi connectivity index (χ1n) is 9.24. The molecule has 0 saturated heterocycles. The number of carbonyl (C=O) groups excluding carboxylic acids is 1. The zero-order valence-electron chi connectivity index (χ0n) is 15.8. The molecule has 0 spiro atoms.